The lowest BCUT2D eigenvalue weighted by molar-refractivity contribution is 0.454. The molecule has 0 amide bonds. The van der Waals surface area contributed by atoms with Gasteiger partial charge in [-0.3, -0.25) is 0 Å². The summed E-state index contributed by atoms with van der Waals surface area (Å²) in [6.07, 6.45) is 1.07. The highest BCUT2D eigenvalue weighted by molar-refractivity contribution is 5.49. The Balaban J connectivity index is 1.78. The van der Waals surface area contributed by atoms with Gasteiger partial charge in [-0.05, 0) is 42.5 Å². The highest BCUT2D eigenvalue weighted by Gasteiger charge is 2.26. The second-order valence-electron chi connectivity index (χ2n) is 7.25. The van der Waals surface area contributed by atoms with Crippen LogP contribution in [0.2, 0.25) is 0 Å². The van der Waals surface area contributed by atoms with Gasteiger partial charge in [0.05, 0.1) is 0 Å². The molecule has 0 spiro atoms. The lowest BCUT2D eigenvalue weighted by Gasteiger charge is -2.38. The summed E-state index contributed by atoms with van der Waals surface area (Å²) in [4.78, 5) is 2.44. The Kier molecular flexibility index (Phi) is 4.72. The molecule has 2 atom stereocenters. The van der Waals surface area contributed by atoms with E-state index in [1.807, 2.05) is 0 Å². The summed E-state index contributed by atoms with van der Waals surface area (Å²) in [7, 11) is 0. The van der Waals surface area contributed by atoms with Crippen molar-refractivity contribution < 1.29 is 0 Å². The van der Waals surface area contributed by atoms with E-state index in [0.29, 0.717) is 11.8 Å². The summed E-state index contributed by atoms with van der Waals surface area (Å²) in [6.45, 7) is 8.61. The average Bonchev–Trinajstić information content (AvgIpc) is 2.55. The maximum absolute atomic E-state index is 6.36. The SMILES string of the molecule is Cc1ccc(N2CC(N)CC(c3ccc(C(C)C)cc3)C2)cc1. The van der Waals surface area contributed by atoms with Gasteiger partial charge in [-0.25, -0.2) is 0 Å². The fourth-order valence-electron chi connectivity index (χ4n) is 3.50. The van der Waals surface area contributed by atoms with E-state index in [2.05, 4.69) is 74.2 Å². The van der Waals surface area contributed by atoms with Gasteiger partial charge in [-0.15, -0.1) is 0 Å². The minimum Gasteiger partial charge on any atom is -0.369 e. The van der Waals surface area contributed by atoms with Gasteiger partial charge in [0, 0.05) is 30.7 Å². The highest BCUT2D eigenvalue weighted by Crippen LogP contribution is 2.30. The van der Waals surface area contributed by atoms with Crippen LogP contribution in [0.4, 0.5) is 5.69 Å². The van der Waals surface area contributed by atoms with Crippen molar-refractivity contribution >= 4 is 5.69 Å². The predicted molar refractivity (Wildman–Crippen MR) is 99.3 cm³/mol. The number of rotatable bonds is 3. The summed E-state index contributed by atoms with van der Waals surface area (Å²) in [6, 6.07) is 18.2. The summed E-state index contributed by atoms with van der Waals surface area (Å²) < 4.78 is 0. The fourth-order valence-corrected chi connectivity index (χ4v) is 3.50. The fraction of sp³-hybridized carbons (Fsp3) is 0.429. The predicted octanol–water partition coefficient (Wildman–Crippen LogP) is 4.44. The zero-order valence-electron chi connectivity index (χ0n) is 14.5. The Morgan fingerprint density at radius 3 is 2.22 bits per heavy atom. The first-order chi connectivity index (χ1) is 11.0. The number of hydrogen-bond acceptors (Lipinski definition) is 2. The molecule has 3 rings (SSSR count). The molecule has 2 heteroatoms. The van der Waals surface area contributed by atoms with Crippen LogP contribution in [0.5, 0.6) is 0 Å². The number of benzene rings is 2. The van der Waals surface area contributed by atoms with Crippen LogP contribution >= 0.6 is 0 Å². The van der Waals surface area contributed by atoms with Crippen LogP contribution < -0.4 is 10.6 Å². The maximum Gasteiger partial charge on any atom is 0.0367 e. The van der Waals surface area contributed by atoms with E-state index < -0.39 is 0 Å². The van der Waals surface area contributed by atoms with Crippen LogP contribution in [-0.4, -0.2) is 19.1 Å². The minimum atomic E-state index is 0.236. The van der Waals surface area contributed by atoms with Crippen LogP contribution in [0.1, 0.15) is 48.8 Å². The largest absolute Gasteiger partial charge is 0.369 e. The molecule has 1 saturated heterocycles. The Labute approximate surface area is 140 Å². The van der Waals surface area contributed by atoms with Gasteiger partial charge in [0.15, 0.2) is 0 Å². The molecule has 2 unspecified atom stereocenters. The zero-order valence-corrected chi connectivity index (χ0v) is 14.5. The van der Waals surface area contributed by atoms with Crippen molar-refractivity contribution in [3.8, 4) is 0 Å². The monoisotopic (exact) mass is 308 g/mol. The number of aryl methyl sites for hydroxylation is 1. The van der Waals surface area contributed by atoms with Crippen molar-refractivity contribution in [1.29, 1.82) is 0 Å². The lowest BCUT2D eigenvalue weighted by Crippen LogP contribution is -2.46. The molecule has 2 aromatic rings. The maximum atomic E-state index is 6.36. The molecule has 0 aliphatic carbocycles. The van der Waals surface area contributed by atoms with Gasteiger partial charge in [0.2, 0.25) is 0 Å². The van der Waals surface area contributed by atoms with Gasteiger partial charge < -0.3 is 10.6 Å². The lowest BCUT2D eigenvalue weighted by atomic mass is 9.87. The Morgan fingerprint density at radius 2 is 1.61 bits per heavy atom. The molecule has 1 fully saturated rings. The number of nitrogens with zero attached hydrogens (tertiary/aromatic N) is 1. The molecule has 1 aliphatic rings. The first-order valence-corrected chi connectivity index (χ1v) is 8.70. The van der Waals surface area contributed by atoms with Gasteiger partial charge >= 0.3 is 0 Å². The van der Waals surface area contributed by atoms with E-state index in [1.165, 1.54) is 22.4 Å². The molecule has 0 saturated carbocycles. The number of anilines is 1. The van der Waals surface area contributed by atoms with Crippen LogP contribution in [0, 0.1) is 6.92 Å². The average molecular weight is 308 g/mol. The minimum absolute atomic E-state index is 0.236. The van der Waals surface area contributed by atoms with Crippen LogP contribution in [0.25, 0.3) is 0 Å². The van der Waals surface area contributed by atoms with Crippen molar-refractivity contribution in [2.75, 3.05) is 18.0 Å². The number of hydrogen-bond donors (Lipinski definition) is 1. The summed E-state index contributed by atoms with van der Waals surface area (Å²) in [5, 5.41) is 0. The third kappa shape index (κ3) is 3.76. The Hall–Kier alpha value is -1.80. The molecule has 2 N–H and O–H groups in total. The first kappa shape index (κ1) is 16.1. The van der Waals surface area contributed by atoms with E-state index >= 15 is 0 Å². The molecule has 1 heterocycles. The number of nitrogens with two attached hydrogens (primary N) is 1. The summed E-state index contributed by atoms with van der Waals surface area (Å²) >= 11 is 0. The molecule has 1 aliphatic heterocycles. The molecule has 0 radical (unpaired) electrons. The third-order valence-corrected chi connectivity index (χ3v) is 4.96. The van der Waals surface area contributed by atoms with Crippen molar-refractivity contribution in [3.63, 3.8) is 0 Å². The van der Waals surface area contributed by atoms with Crippen molar-refractivity contribution in [3.05, 3.63) is 65.2 Å². The first-order valence-electron chi connectivity index (χ1n) is 8.70. The highest BCUT2D eigenvalue weighted by atomic mass is 15.2. The van der Waals surface area contributed by atoms with Gasteiger partial charge in [0.25, 0.3) is 0 Å². The molecule has 0 bridgehead atoms. The standard InChI is InChI=1S/C21H28N2/c1-15(2)17-6-8-18(9-7-17)19-12-20(22)14-23(13-19)21-10-4-16(3)5-11-21/h4-11,15,19-20H,12-14,22H2,1-3H3. The molecular weight excluding hydrogens is 280 g/mol. The van der Waals surface area contributed by atoms with Gasteiger partial charge in [-0.2, -0.15) is 0 Å². The Morgan fingerprint density at radius 1 is 0.957 bits per heavy atom. The summed E-state index contributed by atoms with van der Waals surface area (Å²) in [5.74, 6) is 1.10. The van der Waals surface area contributed by atoms with E-state index in [1.54, 1.807) is 0 Å². The van der Waals surface area contributed by atoms with Crippen LogP contribution in [-0.2, 0) is 0 Å². The second-order valence-corrected chi connectivity index (χ2v) is 7.25. The molecule has 0 aromatic heterocycles. The van der Waals surface area contributed by atoms with Crippen molar-refractivity contribution in [1.82, 2.24) is 0 Å². The molecule has 23 heavy (non-hydrogen) atoms. The Bertz CT molecular complexity index is 628. The zero-order chi connectivity index (χ0) is 16.4. The molecule has 122 valence electrons. The molecule has 2 nitrogen and oxygen atoms in total. The quantitative estimate of drug-likeness (QED) is 0.908. The summed E-state index contributed by atoms with van der Waals surface area (Å²) in [5.41, 5.74) is 11.8. The van der Waals surface area contributed by atoms with Crippen molar-refractivity contribution in [2.24, 2.45) is 5.73 Å². The van der Waals surface area contributed by atoms with Gasteiger partial charge in [0.1, 0.15) is 0 Å². The second kappa shape index (κ2) is 6.76. The van der Waals surface area contributed by atoms with E-state index in [9.17, 15) is 0 Å². The smallest absolute Gasteiger partial charge is 0.0367 e. The normalized spacial score (nSPS) is 21.7. The number of piperidine rings is 1. The third-order valence-electron chi connectivity index (χ3n) is 4.96. The van der Waals surface area contributed by atoms with E-state index in [-0.39, 0.29) is 6.04 Å². The molecular formula is C21H28N2. The van der Waals surface area contributed by atoms with Crippen LogP contribution in [0.3, 0.4) is 0 Å². The van der Waals surface area contributed by atoms with Crippen LogP contribution in [0.15, 0.2) is 48.5 Å². The van der Waals surface area contributed by atoms with E-state index in [0.717, 1.165) is 19.5 Å². The van der Waals surface area contributed by atoms with Gasteiger partial charge in [-0.1, -0.05) is 55.8 Å². The molecule has 2 aromatic carbocycles. The van der Waals surface area contributed by atoms with Crippen molar-refractivity contribution in [2.45, 2.75) is 45.1 Å². The van der Waals surface area contributed by atoms with E-state index in [4.69, 9.17) is 5.73 Å². The topological polar surface area (TPSA) is 29.3 Å².